The van der Waals surface area contributed by atoms with Crippen LogP contribution in [-0.2, 0) is 0 Å². The largest absolute Gasteiger partial charge is 0.478 e. The molecule has 0 fully saturated rings. The lowest BCUT2D eigenvalue weighted by Gasteiger charge is -2.12. The second kappa shape index (κ2) is 5.28. The summed E-state index contributed by atoms with van der Waals surface area (Å²) in [6, 6.07) is 3.47. The minimum atomic E-state index is -1.34. The summed E-state index contributed by atoms with van der Waals surface area (Å²) in [5, 5.41) is 11.6. The van der Waals surface area contributed by atoms with Crippen molar-refractivity contribution in [3.05, 3.63) is 47.3 Å². The van der Waals surface area contributed by atoms with E-state index in [0.29, 0.717) is 5.69 Å². The Morgan fingerprint density at radius 1 is 1.40 bits per heavy atom. The topological polar surface area (TPSA) is 62.2 Å². The number of nitrogens with one attached hydrogen (secondary N) is 1. The monoisotopic (exact) mass is 276 g/mol. The second-order valence-electron chi connectivity index (χ2n) is 4.34. The van der Waals surface area contributed by atoms with Crippen molar-refractivity contribution in [3.8, 4) is 0 Å². The number of anilines is 2. The maximum Gasteiger partial charge on any atom is 0.337 e. The Labute approximate surface area is 114 Å². The van der Waals surface area contributed by atoms with Crippen LogP contribution >= 0.6 is 0 Å². The van der Waals surface area contributed by atoms with Crippen molar-refractivity contribution in [2.24, 2.45) is 0 Å². The zero-order chi connectivity index (χ0) is 14.9. The fourth-order valence-corrected chi connectivity index (χ4v) is 1.71. The number of carboxylic acids is 1. The second-order valence-corrected chi connectivity index (χ2v) is 4.34. The summed E-state index contributed by atoms with van der Waals surface area (Å²) in [6.45, 7) is 1.81. The van der Waals surface area contributed by atoms with Gasteiger partial charge in [-0.15, -0.1) is 0 Å². The van der Waals surface area contributed by atoms with Crippen molar-refractivity contribution >= 4 is 30.7 Å². The lowest BCUT2D eigenvalue weighted by atomic mass is 9.94. The Morgan fingerprint density at radius 3 is 2.70 bits per heavy atom. The maximum atomic E-state index is 13.8. The molecule has 0 bridgehead atoms. The molecule has 0 atom stereocenters. The molecule has 0 radical (unpaired) electrons. The van der Waals surface area contributed by atoms with E-state index in [0.717, 1.165) is 23.3 Å². The van der Waals surface area contributed by atoms with E-state index in [-0.39, 0.29) is 5.56 Å². The molecule has 2 N–H and O–H groups in total. The van der Waals surface area contributed by atoms with Gasteiger partial charge >= 0.3 is 5.97 Å². The minimum absolute atomic E-state index is 0.345. The first-order valence-electron chi connectivity index (χ1n) is 5.81. The van der Waals surface area contributed by atoms with Crippen LogP contribution < -0.4 is 10.8 Å². The summed E-state index contributed by atoms with van der Waals surface area (Å²) >= 11 is 0. The van der Waals surface area contributed by atoms with Gasteiger partial charge in [-0.05, 0) is 25.1 Å². The molecule has 2 aromatic rings. The third-order valence-electron chi connectivity index (χ3n) is 2.93. The summed E-state index contributed by atoms with van der Waals surface area (Å²) in [7, 11) is 1.81. The van der Waals surface area contributed by atoms with Gasteiger partial charge in [-0.3, -0.25) is 4.98 Å². The molecular formula is C13H11BF2N2O2. The molecule has 102 valence electrons. The summed E-state index contributed by atoms with van der Waals surface area (Å²) in [5.74, 6) is -3.69. The van der Waals surface area contributed by atoms with Crippen molar-refractivity contribution in [3.63, 3.8) is 0 Å². The van der Waals surface area contributed by atoms with Gasteiger partial charge in [0.2, 0.25) is 0 Å². The molecule has 0 aliphatic rings. The number of halogens is 2. The van der Waals surface area contributed by atoms with Gasteiger partial charge in [0.25, 0.3) is 0 Å². The van der Waals surface area contributed by atoms with Crippen LogP contribution in [0.3, 0.4) is 0 Å². The standard InChI is InChI=1S/C13H11BF2N2O2/c1-6-9(14)4-7(5-17-6)18-12-8(13(19)20)2-3-10(15)11(12)16/h2-5,18H,14H2,1H3,(H,19,20). The van der Waals surface area contributed by atoms with Gasteiger partial charge in [0.15, 0.2) is 11.6 Å². The predicted octanol–water partition coefficient (Wildman–Crippen LogP) is 1.37. The average Bonchev–Trinajstić information content (AvgIpc) is 2.39. The molecule has 7 heteroatoms. The fourth-order valence-electron chi connectivity index (χ4n) is 1.71. The van der Waals surface area contributed by atoms with E-state index in [4.69, 9.17) is 5.11 Å². The molecule has 4 nitrogen and oxygen atoms in total. The number of hydrogen-bond donors (Lipinski definition) is 2. The van der Waals surface area contributed by atoms with Crippen molar-refractivity contribution in [2.75, 3.05) is 5.32 Å². The zero-order valence-corrected chi connectivity index (χ0v) is 10.9. The number of carbonyl (C=O) groups is 1. The van der Waals surface area contributed by atoms with Crippen LogP contribution in [0.1, 0.15) is 16.1 Å². The molecule has 2 rings (SSSR count). The predicted molar refractivity (Wildman–Crippen MR) is 73.8 cm³/mol. The van der Waals surface area contributed by atoms with E-state index >= 15 is 0 Å². The Balaban J connectivity index is 2.49. The lowest BCUT2D eigenvalue weighted by molar-refractivity contribution is 0.0697. The van der Waals surface area contributed by atoms with Crippen molar-refractivity contribution in [2.45, 2.75) is 6.92 Å². The Kier molecular flexibility index (Phi) is 3.69. The lowest BCUT2D eigenvalue weighted by Crippen LogP contribution is -2.12. The molecule has 1 heterocycles. The Bertz CT molecular complexity index is 692. The van der Waals surface area contributed by atoms with Crippen molar-refractivity contribution < 1.29 is 18.7 Å². The highest BCUT2D eigenvalue weighted by Crippen LogP contribution is 2.26. The molecule has 0 saturated carbocycles. The minimum Gasteiger partial charge on any atom is -0.478 e. The third kappa shape index (κ3) is 2.61. The molecule has 1 aromatic carbocycles. The summed E-state index contributed by atoms with van der Waals surface area (Å²) in [6.07, 6.45) is 1.43. The molecule has 20 heavy (non-hydrogen) atoms. The summed E-state index contributed by atoms with van der Waals surface area (Å²) in [4.78, 5) is 15.1. The van der Waals surface area contributed by atoms with E-state index in [1.165, 1.54) is 6.20 Å². The first kappa shape index (κ1) is 14.0. The van der Waals surface area contributed by atoms with Crippen LogP contribution in [0.2, 0.25) is 0 Å². The zero-order valence-electron chi connectivity index (χ0n) is 10.9. The highest BCUT2D eigenvalue weighted by atomic mass is 19.2. The molecular weight excluding hydrogens is 265 g/mol. The van der Waals surface area contributed by atoms with Crippen LogP contribution in [-0.4, -0.2) is 23.9 Å². The first-order valence-corrected chi connectivity index (χ1v) is 5.81. The molecule has 0 saturated heterocycles. The number of carboxylic acid groups (broad SMARTS) is 1. The van der Waals surface area contributed by atoms with Crippen LogP contribution in [0.15, 0.2) is 24.4 Å². The van der Waals surface area contributed by atoms with Crippen LogP contribution in [0.5, 0.6) is 0 Å². The fraction of sp³-hybridized carbons (Fsp3) is 0.0769. The van der Waals surface area contributed by atoms with Gasteiger partial charge in [-0.25, -0.2) is 13.6 Å². The maximum absolute atomic E-state index is 13.8. The van der Waals surface area contributed by atoms with Gasteiger partial charge in [0, 0.05) is 5.69 Å². The number of nitrogens with zero attached hydrogens (tertiary/aromatic N) is 1. The first-order chi connectivity index (χ1) is 9.40. The van der Waals surface area contributed by atoms with Gasteiger partial charge in [0.1, 0.15) is 7.85 Å². The highest BCUT2D eigenvalue weighted by molar-refractivity contribution is 6.33. The van der Waals surface area contributed by atoms with Gasteiger partial charge in [0.05, 0.1) is 23.1 Å². The molecule has 0 spiro atoms. The normalized spacial score (nSPS) is 10.3. The van der Waals surface area contributed by atoms with Gasteiger partial charge < -0.3 is 10.4 Å². The molecule has 0 unspecified atom stereocenters. The quantitative estimate of drug-likeness (QED) is 0.831. The van der Waals surface area contributed by atoms with Crippen molar-refractivity contribution in [1.29, 1.82) is 0 Å². The average molecular weight is 276 g/mol. The molecule has 0 aliphatic carbocycles. The number of rotatable bonds is 3. The number of benzene rings is 1. The molecule has 0 amide bonds. The van der Waals surface area contributed by atoms with Gasteiger partial charge in [-0.1, -0.05) is 5.46 Å². The summed E-state index contributed by atoms with van der Waals surface area (Å²) < 4.78 is 27.0. The van der Waals surface area contributed by atoms with Crippen LogP contribution in [0, 0.1) is 18.6 Å². The number of aromatic nitrogens is 1. The van der Waals surface area contributed by atoms with Crippen molar-refractivity contribution in [1.82, 2.24) is 4.98 Å². The number of aromatic carboxylic acids is 1. The van der Waals surface area contributed by atoms with E-state index in [9.17, 15) is 13.6 Å². The van der Waals surface area contributed by atoms with E-state index < -0.39 is 23.3 Å². The van der Waals surface area contributed by atoms with Crippen LogP contribution in [0.4, 0.5) is 20.2 Å². The van der Waals surface area contributed by atoms with E-state index in [1.54, 1.807) is 6.07 Å². The smallest absolute Gasteiger partial charge is 0.337 e. The Hall–Kier alpha value is -2.44. The highest BCUT2D eigenvalue weighted by Gasteiger charge is 2.18. The third-order valence-corrected chi connectivity index (χ3v) is 2.93. The SMILES string of the molecule is Bc1cc(Nc2c(C(=O)O)ccc(F)c2F)cnc1C. The van der Waals surface area contributed by atoms with E-state index in [2.05, 4.69) is 10.3 Å². The number of aryl methyl sites for hydroxylation is 1. The van der Waals surface area contributed by atoms with Gasteiger partial charge in [-0.2, -0.15) is 0 Å². The van der Waals surface area contributed by atoms with Crippen LogP contribution in [0.25, 0.3) is 0 Å². The Morgan fingerprint density at radius 2 is 2.10 bits per heavy atom. The van der Waals surface area contributed by atoms with E-state index in [1.807, 2.05) is 14.8 Å². The summed E-state index contributed by atoms with van der Waals surface area (Å²) in [5.41, 5.74) is 1.28. The number of hydrogen-bond acceptors (Lipinski definition) is 3. The molecule has 1 aromatic heterocycles. The number of pyridine rings is 1. The molecule has 0 aliphatic heterocycles.